The number of likely N-dealkylation sites (tertiary alicyclic amines) is 1. The quantitative estimate of drug-likeness (QED) is 0.191. The first-order valence-electron chi connectivity index (χ1n) is 11.9. The summed E-state index contributed by atoms with van der Waals surface area (Å²) in [6.45, 7) is 15.4. The average Bonchev–Trinajstić information content (AvgIpc) is 2.75. The number of hydrogen-bond donors (Lipinski definition) is 0. The zero-order valence-electron chi connectivity index (χ0n) is 21.2. The molecular weight excluding hydrogens is 469 g/mol. The van der Waals surface area contributed by atoms with E-state index in [9.17, 15) is 23.6 Å². The fraction of sp³-hybridized carbons (Fsp3) is 0.538. The van der Waals surface area contributed by atoms with Crippen LogP contribution >= 0.6 is 0 Å². The number of fused-ring (bicyclic) bond motifs is 1. The summed E-state index contributed by atoms with van der Waals surface area (Å²) in [7, 11) is -2.29. The Hall–Kier alpha value is -2.65. The van der Waals surface area contributed by atoms with Gasteiger partial charge in [-0.2, -0.15) is 0 Å². The number of rotatable bonds is 6. The van der Waals surface area contributed by atoms with E-state index in [4.69, 9.17) is 9.16 Å². The summed E-state index contributed by atoms with van der Waals surface area (Å²) < 4.78 is 25.6. The Balaban J connectivity index is 1.96. The van der Waals surface area contributed by atoms with E-state index in [0.717, 1.165) is 4.90 Å². The molecule has 190 valence electrons. The summed E-state index contributed by atoms with van der Waals surface area (Å²) in [5.74, 6) is -5.22. The van der Waals surface area contributed by atoms with Crippen molar-refractivity contribution in [3.05, 3.63) is 47.8 Å². The molecule has 0 aromatic heterocycles. The predicted molar refractivity (Wildman–Crippen MR) is 131 cm³/mol. The van der Waals surface area contributed by atoms with Gasteiger partial charge in [-0.05, 0) is 49.5 Å². The fourth-order valence-corrected chi connectivity index (χ4v) is 6.12. The molecule has 7 nitrogen and oxygen atoms in total. The molecule has 4 atom stereocenters. The maximum atomic E-state index is 14.3. The van der Waals surface area contributed by atoms with Gasteiger partial charge in [-0.25, -0.2) is 9.18 Å². The van der Waals surface area contributed by atoms with E-state index >= 15 is 0 Å². The van der Waals surface area contributed by atoms with Gasteiger partial charge in [0.05, 0.1) is 18.1 Å². The molecule has 1 aliphatic carbocycles. The molecule has 1 aromatic carbocycles. The minimum absolute atomic E-state index is 0.120. The van der Waals surface area contributed by atoms with Gasteiger partial charge in [-0.15, -0.1) is 0 Å². The van der Waals surface area contributed by atoms with Gasteiger partial charge < -0.3 is 9.16 Å². The summed E-state index contributed by atoms with van der Waals surface area (Å²) in [5, 5.41) is -0.120. The van der Waals surface area contributed by atoms with Gasteiger partial charge in [0.25, 0.3) is 0 Å². The monoisotopic (exact) mass is 503 g/mol. The number of halogens is 1. The molecule has 1 aromatic rings. The van der Waals surface area contributed by atoms with Crippen molar-refractivity contribution >= 4 is 31.9 Å². The molecular formula is C26H34FNO6Si. The van der Waals surface area contributed by atoms with Gasteiger partial charge in [0, 0.05) is 11.5 Å². The first-order chi connectivity index (χ1) is 16.2. The van der Waals surface area contributed by atoms with Crippen LogP contribution in [0.15, 0.2) is 30.9 Å². The van der Waals surface area contributed by atoms with Crippen LogP contribution in [0.3, 0.4) is 0 Å². The maximum Gasteiger partial charge on any atom is 0.397 e. The summed E-state index contributed by atoms with van der Waals surface area (Å²) in [4.78, 5) is 52.8. The summed E-state index contributed by atoms with van der Waals surface area (Å²) >= 11 is 0. The molecule has 1 fully saturated rings. The predicted octanol–water partition coefficient (Wildman–Crippen LogP) is 4.06. The molecule has 1 heterocycles. The van der Waals surface area contributed by atoms with Crippen molar-refractivity contribution in [1.82, 2.24) is 4.90 Å². The highest BCUT2D eigenvalue weighted by Gasteiger charge is 2.60. The number of amides is 2. The highest BCUT2D eigenvalue weighted by Crippen LogP contribution is 2.44. The van der Waals surface area contributed by atoms with Crippen LogP contribution in [0.1, 0.15) is 50.0 Å². The average molecular weight is 504 g/mol. The molecule has 3 rings (SSSR count). The van der Waals surface area contributed by atoms with Gasteiger partial charge in [-0.1, -0.05) is 45.6 Å². The summed E-state index contributed by atoms with van der Waals surface area (Å²) in [5.41, 5.74) is 0.587. The standard InChI is InChI=1S/C26H34FNO6Si/c1-8-14-33-25(32)24(31)28-21(18-13-12-16-17(22(18)29)10-9-11-19(16)27)20(23(28)30)15(2)34-35(6,7)26(3,4)5/h8-11,15,18,20-21H,1,12-14H2,2-7H3/t15-,18-,20-,21-/m1/s1. The number of ketones is 1. The second kappa shape index (κ2) is 9.77. The van der Waals surface area contributed by atoms with Crippen molar-refractivity contribution in [2.24, 2.45) is 11.8 Å². The number of hydrogen-bond acceptors (Lipinski definition) is 6. The van der Waals surface area contributed by atoms with Crippen LogP contribution in [0.5, 0.6) is 0 Å². The molecule has 0 saturated carbocycles. The highest BCUT2D eigenvalue weighted by atomic mass is 28.4. The van der Waals surface area contributed by atoms with Crippen LogP contribution in [-0.2, 0) is 30.0 Å². The summed E-state index contributed by atoms with van der Waals surface area (Å²) in [6.07, 6.45) is 1.27. The second-order valence-electron chi connectivity index (χ2n) is 10.8. The van der Waals surface area contributed by atoms with E-state index in [-0.39, 0.29) is 35.8 Å². The van der Waals surface area contributed by atoms with Crippen molar-refractivity contribution < 1.29 is 32.7 Å². The number of nitrogens with zero attached hydrogens (tertiary/aromatic N) is 1. The fourth-order valence-electron chi connectivity index (χ4n) is 4.69. The Morgan fingerprint density at radius 1 is 1.29 bits per heavy atom. The van der Waals surface area contributed by atoms with Gasteiger partial charge in [0.2, 0.25) is 5.91 Å². The molecule has 35 heavy (non-hydrogen) atoms. The minimum Gasteiger partial charge on any atom is -0.454 e. The molecule has 0 radical (unpaired) electrons. The van der Waals surface area contributed by atoms with Gasteiger partial charge in [-0.3, -0.25) is 19.3 Å². The number of Topliss-reactive ketones (excluding diaryl/α,β-unsaturated/α-hetero) is 1. The van der Waals surface area contributed by atoms with E-state index in [1.165, 1.54) is 18.2 Å². The van der Waals surface area contributed by atoms with Crippen molar-refractivity contribution in [2.45, 2.75) is 70.8 Å². The molecule has 9 heteroatoms. The maximum absolute atomic E-state index is 14.3. The number of β-lactam (4-membered cyclic amide) rings is 1. The largest absolute Gasteiger partial charge is 0.454 e. The normalized spacial score (nSPS) is 23.3. The third-order valence-electron chi connectivity index (χ3n) is 7.55. The van der Waals surface area contributed by atoms with Crippen LogP contribution in [0, 0.1) is 17.7 Å². The second-order valence-corrected chi connectivity index (χ2v) is 15.5. The lowest BCUT2D eigenvalue weighted by Crippen LogP contribution is -2.71. The van der Waals surface area contributed by atoms with Crippen LogP contribution in [0.25, 0.3) is 0 Å². The highest BCUT2D eigenvalue weighted by molar-refractivity contribution is 6.74. The SMILES string of the molecule is C=CCOC(=O)C(=O)N1C(=O)[C@H]([C@@H](C)O[Si](C)(C)C(C)(C)C)[C@H]1[C@H]1CCc2c(F)cccc2C1=O. The van der Waals surface area contributed by atoms with Crippen molar-refractivity contribution in [1.29, 1.82) is 0 Å². The molecule has 1 saturated heterocycles. The van der Waals surface area contributed by atoms with Crippen LogP contribution < -0.4 is 0 Å². The number of carbonyl (C=O) groups is 4. The number of carbonyl (C=O) groups excluding carboxylic acids is 4. The topological polar surface area (TPSA) is 90.0 Å². The number of benzene rings is 1. The van der Waals surface area contributed by atoms with Gasteiger partial charge >= 0.3 is 11.9 Å². The van der Waals surface area contributed by atoms with Crippen molar-refractivity contribution in [2.75, 3.05) is 6.61 Å². The Kier molecular flexibility index (Phi) is 7.52. The molecule has 2 amide bonds. The Bertz CT molecular complexity index is 1060. The smallest absolute Gasteiger partial charge is 0.397 e. The zero-order chi connectivity index (χ0) is 26.3. The Morgan fingerprint density at radius 2 is 1.94 bits per heavy atom. The lowest BCUT2D eigenvalue weighted by atomic mass is 9.69. The van der Waals surface area contributed by atoms with Crippen LogP contribution in [0.4, 0.5) is 4.39 Å². The van der Waals surface area contributed by atoms with E-state index in [1.54, 1.807) is 13.0 Å². The third kappa shape index (κ3) is 4.88. The third-order valence-corrected chi connectivity index (χ3v) is 12.1. The number of esters is 1. The van der Waals surface area contributed by atoms with E-state index < -0.39 is 55.9 Å². The lowest BCUT2D eigenvalue weighted by Gasteiger charge is -2.52. The van der Waals surface area contributed by atoms with Gasteiger partial charge in [0.1, 0.15) is 12.4 Å². The first-order valence-corrected chi connectivity index (χ1v) is 14.8. The molecule has 0 N–H and O–H groups in total. The van der Waals surface area contributed by atoms with E-state index in [0.29, 0.717) is 5.56 Å². The zero-order valence-corrected chi connectivity index (χ0v) is 22.2. The minimum atomic E-state index is -2.29. The number of imide groups is 1. The molecule has 0 bridgehead atoms. The number of ether oxygens (including phenoxy) is 1. The van der Waals surface area contributed by atoms with Crippen LogP contribution in [-0.4, -0.2) is 55.5 Å². The Morgan fingerprint density at radius 3 is 2.54 bits per heavy atom. The van der Waals surface area contributed by atoms with E-state index in [1.807, 2.05) is 0 Å². The summed E-state index contributed by atoms with van der Waals surface area (Å²) in [6, 6.07) is 3.46. The lowest BCUT2D eigenvalue weighted by molar-refractivity contribution is -0.181. The van der Waals surface area contributed by atoms with Crippen molar-refractivity contribution in [3.63, 3.8) is 0 Å². The molecule has 1 aliphatic heterocycles. The van der Waals surface area contributed by atoms with E-state index in [2.05, 4.69) is 40.4 Å². The van der Waals surface area contributed by atoms with Crippen LogP contribution in [0.2, 0.25) is 18.1 Å². The molecule has 0 spiro atoms. The van der Waals surface area contributed by atoms with Crippen molar-refractivity contribution in [3.8, 4) is 0 Å². The van der Waals surface area contributed by atoms with Gasteiger partial charge in [0.15, 0.2) is 14.1 Å². The Labute approximate surface area is 206 Å². The first kappa shape index (κ1) is 26.9. The molecule has 0 unspecified atom stereocenters. The molecule has 2 aliphatic rings.